The minimum Gasteiger partial charge on any atom is -0.326 e. The molecule has 5 nitrogen and oxygen atoms in total. The van der Waals surface area contributed by atoms with Crippen LogP contribution in [0, 0.1) is 11.3 Å². The summed E-state index contributed by atoms with van der Waals surface area (Å²) in [6.07, 6.45) is 0.130. The lowest BCUT2D eigenvalue weighted by atomic mass is 10.2. The fourth-order valence-electron chi connectivity index (χ4n) is 2.18. The Morgan fingerprint density at radius 3 is 2.42 bits per heavy atom. The van der Waals surface area contributed by atoms with E-state index < -0.39 is 0 Å². The van der Waals surface area contributed by atoms with E-state index in [4.69, 9.17) is 16.9 Å². The molecule has 0 atom stereocenters. The van der Waals surface area contributed by atoms with Gasteiger partial charge in [-0.1, -0.05) is 23.7 Å². The second-order valence-corrected chi connectivity index (χ2v) is 5.52. The monoisotopic (exact) mass is 341 g/mol. The van der Waals surface area contributed by atoms with Gasteiger partial charge in [0.15, 0.2) is 0 Å². The van der Waals surface area contributed by atoms with Crippen molar-refractivity contribution < 1.29 is 9.59 Å². The number of hydrogen-bond acceptors (Lipinski definition) is 3. The first-order chi connectivity index (χ1) is 11.5. The number of carbonyl (C=O) groups excluding carboxylic acids is 2. The average Bonchev–Trinajstić information content (AvgIpc) is 2.57. The highest BCUT2D eigenvalue weighted by molar-refractivity contribution is 6.33. The molecule has 0 aliphatic carbocycles. The maximum atomic E-state index is 12.1. The SMILES string of the molecule is CC(=O)N(CCC(=O)Nc1ccc(C#N)cc1)c1ccccc1Cl. The first kappa shape index (κ1) is 17.5. The molecule has 0 aromatic heterocycles. The second-order valence-electron chi connectivity index (χ2n) is 5.11. The molecular weight excluding hydrogens is 326 g/mol. The van der Waals surface area contributed by atoms with Gasteiger partial charge in [0.25, 0.3) is 0 Å². The highest BCUT2D eigenvalue weighted by Crippen LogP contribution is 2.25. The van der Waals surface area contributed by atoms with Crippen molar-refractivity contribution >= 4 is 34.8 Å². The van der Waals surface area contributed by atoms with Gasteiger partial charge < -0.3 is 10.2 Å². The fourth-order valence-corrected chi connectivity index (χ4v) is 2.42. The van der Waals surface area contributed by atoms with Crippen molar-refractivity contribution in [2.75, 3.05) is 16.8 Å². The van der Waals surface area contributed by atoms with Crippen LogP contribution in [0.5, 0.6) is 0 Å². The van der Waals surface area contributed by atoms with Gasteiger partial charge in [-0.15, -0.1) is 0 Å². The van der Waals surface area contributed by atoms with Gasteiger partial charge in [-0.3, -0.25) is 9.59 Å². The number of nitrogens with one attached hydrogen (secondary N) is 1. The summed E-state index contributed by atoms with van der Waals surface area (Å²) in [6.45, 7) is 1.66. The highest BCUT2D eigenvalue weighted by Gasteiger charge is 2.15. The Labute approximate surface area is 145 Å². The molecule has 0 aliphatic heterocycles. The quantitative estimate of drug-likeness (QED) is 0.903. The van der Waals surface area contributed by atoms with Crippen molar-refractivity contribution in [3.05, 3.63) is 59.1 Å². The van der Waals surface area contributed by atoms with Gasteiger partial charge >= 0.3 is 0 Å². The Morgan fingerprint density at radius 1 is 1.17 bits per heavy atom. The number of para-hydroxylation sites is 1. The molecule has 122 valence electrons. The number of nitriles is 1. The fraction of sp³-hybridized carbons (Fsp3) is 0.167. The van der Waals surface area contributed by atoms with Gasteiger partial charge in [0.2, 0.25) is 11.8 Å². The summed E-state index contributed by atoms with van der Waals surface area (Å²) >= 11 is 6.12. The number of halogens is 1. The number of carbonyl (C=O) groups is 2. The highest BCUT2D eigenvalue weighted by atomic mass is 35.5. The molecule has 2 amide bonds. The van der Waals surface area contributed by atoms with Crippen LogP contribution in [-0.4, -0.2) is 18.4 Å². The van der Waals surface area contributed by atoms with Crippen LogP contribution in [0.2, 0.25) is 5.02 Å². The zero-order chi connectivity index (χ0) is 17.5. The molecule has 6 heteroatoms. The average molecular weight is 342 g/mol. The third kappa shape index (κ3) is 4.58. The van der Waals surface area contributed by atoms with E-state index in [1.54, 1.807) is 48.5 Å². The summed E-state index contributed by atoms with van der Waals surface area (Å²) in [7, 11) is 0. The standard InChI is InChI=1S/C18H16ClN3O2/c1-13(23)22(17-5-3-2-4-16(17)19)11-10-18(24)21-15-8-6-14(12-20)7-9-15/h2-9H,10-11H2,1H3,(H,21,24). The Balaban J connectivity index is 1.99. The van der Waals surface area contributed by atoms with Gasteiger partial charge in [0, 0.05) is 25.6 Å². The minimum atomic E-state index is -0.224. The molecule has 2 aromatic carbocycles. The topological polar surface area (TPSA) is 73.2 Å². The number of amides is 2. The van der Waals surface area contributed by atoms with E-state index in [1.807, 2.05) is 6.07 Å². The van der Waals surface area contributed by atoms with E-state index in [2.05, 4.69) is 5.32 Å². The molecule has 0 fully saturated rings. The Bertz CT molecular complexity index is 782. The molecule has 0 radical (unpaired) electrons. The number of anilines is 2. The van der Waals surface area contributed by atoms with Crippen LogP contribution in [0.3, 0.4) is 0 Å². The van der Waals surface area contributed by atoms with Crippen LogP contribution in [-0.2, 0) is 9.59 Å². The summed E-state index contributed by atoms with van der Waals surface area (Å²) in [5, 5.41) is 11.9. The zero-order valence-corrected chi connectivity index (χ0v) is 13.9. The predicted molar refractivity (Wildman–Crippen MR) is 93.9 cm³/mol. The van der Waals surface area contributed by atoms with Crippen LogP contribution in [0.25, 0.3) is 0 Å². The third-order valence-corrected chi connectivity index (χ3v) is 3.70. The van der Waals surface area contributed by atoms with Gasteiger partial charge in [-0.25, -0.2) is 0 Å². The van der Waals surface area contributed by atoms with Gasteiger partial charge in [-0.2, -0.15) is 5.26 Å². The summed E-state index contributed by atoms with van der Waals surface area (Å²) < 4.78 is 0. The lowest BCUT2D eigenvalue weighted by molar-refractivity contribution is -0.117. The predicted octanol–water partition coefficient (Wildman–Crippen LogP) is 3.59. The Morgan fingerprint density at radius 2 is 1.83 bits per heavy atom. The van der Waals surface area contributed by atoms with Crippen molar-refractivity contribution in [2.45, 2.75) is 13.3 Å². The molecule has 2 rings (SSSR count). The van der Waals surface area contributed by atoms with Crippen molar-refractivity contribution in [3.8, 4) is 6.07 Å². The summed E-state index contributed by atoms with van der Waals surface area (Å²) in [6, 6.07) is 15.6. The summed E-state index contributed by atoms with van der Waals surface area (Å²) in [4.78, 5) is 25.4. The zero-order valence-electron chi connectivity index (χ0n) is 13.1. The molecule has 1 N–H and O–H groups in total. The Kier molecular flexibility index (Phi) is 5.94. The third-order valence-electron chi connectivity index (χ3n) is 3.38. The van der Waals surface area contributed by atoms with E-state index in [-0.39, 0.29) is 24.8 Å². The normalized spacial score (nSPS) is 9.88. The van der Waals surface area contributed by atoms with Crippen LogP contribution in [0.1, 0.15) is 18.9 Å². The molecule has 2 aromatic rings. The van der Waals surface area contributed by atoms with Crippen LogP contribution in [0.15, 0.2) is 48.5 Å². The summed E-state index contributed by atoms with van der Waals surface area (Å²) in [5.41, 5.74) is 1.71. The van der Waals surface area contributed by atoms with Crippen LogP contribution >= 0.6 is 11.6 Å². The molecule has 24 heavy (non-hydrogen) atoms. The minimum absolute atomic E-state index is 0.130. The number of benzene rings is 2. The summed E-state index contributed by atoms with van der Waals surface area (Å²) in [5.74, 6) is -0.410. The Hall–Kier alpha value is -2.84. The number of nitrogens with zero attached hydrogens (tertiary/aromatic N) is 2. The van der Waals surface area contributed by atoms with E-state index in [0.29, 0.717) is 22.0 Å². The smallest absolute Gasteiger partial charge is 0.226 e. The first-order valence-corrected chi connectivity index (χ1v) is 7.71. The molecule has 0 bridgehead atoms. The molecular formula is C18H16ClN3O2. The van der Waals surface area contributed by atoms with Crippen molar-refractivity contribution in [1.29, 1.82) is 5.26 Å². The van der Waals surface area contributed by atoms with E-state index in [0.717, 1.165) is 0 Å². The molecule has 0 spiro atoms. The number of hydrogen-bond donors (Lipinski definition) is 1. The molecule has 0 saturated heterocycles. The maximum absolute atomic E-state index is 12.1. The second kappa shape index (κ2) is 8.14. The lowest BCUT2D eigenvalue weighted by Gasteiger charge is -2.22. The van der Waals surface area contributed by atoms with Crippen molar-refractivity contribution in [3.63, 3.8) is 0 Å². The lowest BCUT2D eigenvalue weighted by Crippen LogP contribution is -2.32. The molecule has 0 aliphatic rings. The van der Waals surface area contributed by atoms with Gasteiger partial charge in [0.05, 0.1) is 22.3 Å². The largest absolute Gasteiger partial charge is 0.326 e. The molecule has 0 saturated carbocycles. The molecule has 0 heterocycles. The van der Waals surface area contributed by atoms with Crippen molar-refractivity contribution in [2.24, 2.45) is 0 Å². The van der Waals surface area contributed by atoms with E-state index in [1.165, 1.54) is 11.8 Å². The van der Waals surface area contributed by atoms with Gasteiger partial charge in [0.1, 0.15) is 0 Å². The van der Waals surface area contributed by atoms with Crippen LogP contribution in [0.4, 0.5) is 11.4 Å². The van der Waals surface area contributed by atoms with E-state index in [9.17, 15) is 9.59 Å². The first-order valence-electron chi connectivity index (χ1n) is 7.34. The maximum Gasteiger partial charge on any atom is 0.226 e. The number of rotatable bonds is 5. The van der Waals surface area contributed by atoms with E-state index >= 15 is 0 Å². The van der Waals surface area contributed by atoms with Crippen molar-refractivity contribution in [1.82, 2.24) is 0 Å². The molecule has 0 unspecified atom stereocenters. The van der Waals surface area contributed by atoms with Crippen LogP contribution < -0.4 is 10.2 Å². The van der Waals surface area contributed by atoms with Gasteiger partial charge in [-0.05, 0) is 36.4 Å².